The Labute approximate surface area is 154 Å². The summed E-state index contributed by atoms with van der Waals surface area (Å²) in [6, 6.07) is 4.51. The van der Waals surface area contributed by atoms with Crippen LogP contribution in [0.25, 0.3) is 10.8 Å². The molecule has 8 nitrogen and oxygen atoms in total. The number of aromatic hydroxyl groups is 1. The summed E-state index contributed by atoms with van der Waals surface area (Å²) in [7, 11) is 0. The number of fused-ring (bicyclic) bond motifs is 1. The fraction of sp³-hybridized carbons (Fsp3) is 0.412. The molecule has 3 heterocycles. The molecule has 0 bridgehead atoms. The number of rotatable bonds is 3. The highest BCUT2D eigenvalue weighted by molar-refractivity contribution is 6.31. The number of hydrogen-bond acceptors (Lipinski definition) is 5. The summed E-state index contributed by atoms with van der Waals surface area (Å²) in [5.74, 6) is -1.44. The molecule has 138 valence electrons. The Kier molecular flexibility index (Phi) is 3.69. The van der Waals surface area contributed by atoms with Crippen LogP contribution in [0.4, 0.5) is 4.79 Å². The number of nitrogens with zero attached hydrogens (tertiary/aromatic N) is 1. The molecule has 0 aliphatic carbocycles. The van der Waals surface area contributed by atoms with E-state index in [1.807, 2.05) is 0 Å². The lowest BCUT2D eigenvalue weighted by atomic mass is 9.92. The number of nitrogens with one attached hydrogen (secondary N) is 2. The van der Waals surface area contributed by atoms with Crippen molar-refractivity contribution in [2.45, 2.75) is 37.8 Å². The first-order chi connectivity index (χ1) is 12.2. The summed E-state index contributed by atoms with van der Waals surface area (Å²) in [5.41, 5.74) is -1.40. The zero-order valence-electron chi connectivity index (χ0n) is 14.2. The van der Waals surface area contributed by atoms with E-state index in [1.54, 1.807) is 38.2 Å². The number of urea groups is 1. The molecular formula is C17H18ClN3O5. The molecule has 2 fully saturated rings. The molecule has 0 radical (unpaired) electrons. The van der Waals surface area contributed by atoms with E-state index < -0.39 is 29.4 Å². The molecule has 2 aromatic rings. The van der Waals surface area contributed by atoms with Crippen LogP contribution in [-0.2, 0) is 20.8 Å². The van der Waals surface area contributed by atoms with Gasteiger partial charge in [0.2, 0.25) is 0 Å². The van der Waals surface area contributed by atoms with Gasteiger partial charge in [-0.15, -0.1) is 0 Å². The zero-order valence-corrected chi connectivity index (χ0v) is 15.0. The molecule has 9 heteroatoms. The lowest BCUT2D eigenvalue weighted by molar-refractivity contribution is -0.154. The van der Waals surface area contributed by atoms with Gasteiger partial charge < -0.3 is 24.5 Å². The SMILES string of the molecule is CC1(C)OC[C@H](C2(Cn3cc4ccc(Cl)cc4c3O)NC(=O)NC2=O)O1. The van der Waals surface area contributed by atoms with Crippen LogP contribution in [-0.4, -0.2) is 45.6 Å². The number of halogens is 1. The van der Waals surface area contributed by atoms with Crippen molar-refractivity contribution >= 4 is 34.3 Å². The third kappa shape index (κ3) is 2.61. The van der Waals surface area contributed by atoms with E-state index >= 15 is 0 Å². The topological polar surface area (TPSA) is 102 Å². The molecule has 0 saturated carbocycles. The third-order valence-corrected chi connectivity index (χ3v) is 5.00. The van der Waals surface area contributed by atoms with E-state index in [1.165, 1.54) is 4.57 Å². The van der Waals surface area contributed by atoms with Gasteiger partial charge >= 0.3 is 6.03 Å². The monoisotopic (exact) mass is 379 g/mol. The molecular weight excluding hydrogens is 362 g/mol. The van der Waals surface area contributed by atoms with Crippen molar-refractivity contribution < 1.29 is 24.2 Å². The average Bonchev–Trinajstić information content (AvgIpc) is 3.16. The molecule has 4 rings (SSSR count). The minimum Gasteiger partial charge on any atom is -0.494 e. The Morgan fingerprint density at radius 2 is 2.15 bits per heavy atom. The normalized spacial score (nSPS) is 27.7. The first-order valence-electron chi connectivity index (χ1n) is 8.13. The molecule has 2 aliphatic rings. The van der Waals surface area contributed by atoms with Crippen molar-refractivity contribution in [1.29, 1.82) is 0 Å². The summed E-state index contributed by atoms with van der Waals surface area (Å²) in [4.78, 5) is 24.5. The van der Waals surface area contributed by atoms with Crippen molar-refractivity contribution in [2.24, 2.45) is 0 Å². The average molecular weight is 380 g/mol. The van der Waals surface area contributed by atoms with Gasteiger partial charge in [-0.05, 0) is 26.0 Å². The van der Waals surface area contributed by atoms with Crippen LogP contribution in [0, 0.1) is 0 Å². The molecule has 2 aliphatic heterocycles. The van der Waals surface area contributed by atoms with Crippen LogP contribution in [0.15, 0.2) is 24.4 Å². The molecule has 0 spiro atoms. The van der Waals surface area contributed by atoms with Crippen LogP contribution < -0.4 is 10.6 Å². The number of amides is 3. The predicted octanol–water partition coefficient (Wildman–Crippen LogP) is 1.73. The van der Waals surface area contributed by atoms with Gasteiger partial charge in [-0.25, -0.2) is 4.79 Å². The van der Waals surface area contributed by atoms with E-state index in [-0.39, 0.29) is 19.0 Å². The fourth-order valence-electron chi connectivity index (χ4n) is 3.48. The second kappa shape index (κ2) is 5.60. The molecule has 1 aromatic carbocycles. The number of carbonyl (C=O) groups is 2. The fourth-order valence-corrected chi connectivity index (χ4v) is 3.65. The van der Waals surface area contributed by atoms with Crippen LogP contribution >= 0.6 is 11.6 Å². The van der Waals surface area contributed by atoms with E-state index in [9.17, 15) is 14.7 Å². The number of carbonyl (C=O) groups excluding carboxylic acids is 2. The van der Waals surface area contributed by atoms with Crippen molar-refractivity contribution in [2.75, 3.05) is 6.61 Å². The first-order valence-corrected chi connectivity index (χ1v) is 8.51. The second-order valence-corrected chi connectivity index (χ2v) is 7.45. The summed E-state index contributed by atoms with van der Waals surface area (Å²) >= 11 is 6.00. The standard InChI is InChI=1S/C17H18ClN3O5/c1-16(2)25-7-12(26-16)17(14(23)19-15(24)20-17)8-21-6-9-3-4-10(18)5-11(9)13(21)22/h3-6,12,22H,7-8H2,1-2H3,(H2,19,20,23,24)/t12-,17?/m1/s1. The highest BCUT2D eigenvalue weighted by atomic mass is 35.5. The maximum atomic E-state index is 12.6. The molecule has 2 saturated heterocycles. The Hall–Kier alpha value is -2.29. The van der Waals surface area contributed by atoms with Crippen LogP contribution in [0.2, 0.25) is 5.02 Å². The van der Waals surface area contributed by atoms with Crippen molar-refractivity contribution in [3.63, 3.8) is 0 Å². The van der Waals surface area contributed by atoms with Gasteiger partial charge in [-0.2, -0.15) is 0 Å². The van der Waals surface area contributed by atoms with E-state index in [0.717, 1.165) is 5.39 Å². The smallest absolute Gasteiger partial charge is 0.322 e. The first kappa shape index (κ1) is 17.1. The van der Waals surface area contributed by atoms with Gasteiger partial charge in [0.25, 0.3) is 5.91 Å². The highest BCUT2D eigenvalue weighted by Gasteiger charge is 2.57. The molecule has 3 amide bonds. The van der Waals surface area contributed by atoms with Crippen molar-refractivity contribution in [3.05, 3.63) is 29.4 Å². The molecule has 2 atom stereocenters. The lowest BCUT2D eigenvalue weighted by Gasteiger charge is -2.32. The Bertz CT molecular complexity index is 925. The van der Waals surface area contributed by atoms with E-state index in [4.69, 9.17) is 21.1 Å². The largest absolute Gasteiger partial charge is 0.494 e. The van der Waals surface area contributed by atoms with Gasteiger partial charge in [-0.1, -0.05) is 17.7 Å². The summed E-state index contributed by atoms with van der Waals surface area (Å²) in [6.45, 7) is 3.58. The van der Waals surface area contributed by atoms with Gasteiger partial charge in [-0.3, -0.25) is 10.1 Å². The predicted molar refractivity (Wildman–Crippen MR) is 92.9 cm³/mol. The van der Waals surface area contributed by atoms with Gasteiger partial charge in [0, 0.05) is 22.0 Å². The highest BCUT2D eigenvalue weighted by Crippen LogP contribution is 2.35. The third-order valence-electron chi connectivity index (χ3n) is 4.77. The number of hydrogen-bond donors (Lipinski definition) is 3. The lowest BCUT2D eigenvalue weighted by Crippen LogP contribution is -2.60. The maximum absolute atomic E-state index is 12.6. The number of ether oxygens (including phenoxy) is 2. The Balaban J connectivity index is 1.76. The van der Waals surface area contributed by atoms with Crippen molar-refractivity contribution in [3.8, 4) is 5.88 Å². The number of aromatic nitrogens is 1. The van der Waals surface area contributed by atoms with Gasteiger partial charge in [0.15, 0.2) is 17.2 Å². The minimum absolute atomic E-state index is 0.0210. The minimum atomic E-state index is -1.40. The summed E-state index contributed by atoms with van der Waals surface area (Å²) in [6.07, 6.45) is 0.985. The Morgan fingerprint density at radius 1 is 1.38 bits per heavy atom. The second-order valence-electron chi connectivity index (χ2n) is 7.01. The molecule has 1 aromatic heterocycles. The maximum Gasteiger partial charge on any atom is 0.322 e. The zero-order chi connectivity index (χ0) is 18.7. The molecule has 3 N–H and O–H groups in total. The molecule has 1 unspecified atom stereocenters. The number of imide groups is 1. The van der Waals surface area contributed by atoms with Gasteiger partial charge in [0.05, 0.1) is 13.2 Å². The van der Waals surface area contributed by atoms with Crippen LogP contribution in [0.1, 0.15) is 13.8 Å². The quantitative estimate of drug-likeness (QED) is 0.705. The van der Waals surface area contributed by atoms with E-state index in [2.05, 4.69) is 10.6 Å². The van der Waals surface area contributed by atoms with Crippen LogP contribution in [0.5, 0.6) is 5.88 Å². The molecule has 26 heavy (non-hydrogen) atoms. The number of benzene rings is 1. The summed E-state index contributed by atoms with van der Waals surface area (Å²) in [5, 5.41) is 17.3. The van der Waals surface area contributed by atoms with E-state index in [0.29, 0.717) is 10.4 Å². The Morgan fingerprint density at radius 3 is 2.77 bits per heavy atom. The van der Waals surface area contributed by atoms with Crippen LogP contribution in [0.3, 0.4) is 0 Å². The summed E-state index contributed by atoms with van der Waals surface area (Å²) < 4.78 is 12.9. The van der Waals surface area contributed by atoms with Crippen molar-refractivity contribution in [1.82, 2.24) is 15.2 Å². The van der Waals surface area contributed by atoms with Gasteiger partial charge in [0.1, 0.15) is 6.10 Å².